The third kappa shape index (κ3) is 3.59. The summed E-state index contributed by atoms with van der Waals surface area (Å²) in [6.45, 7) is 0. The standard InChI is InChI=1S/C9H6F4O4/c10-6-2-1-4(17-9(11,12)13)3-5(6)7(14)8(15)16/h1-3,7,14H,(H,15,16). The van der Waals surface area contributed by atoms with Crippen molar-refractivity contribution in [1.82, 2.24) is 0 Å². The van der Waals surface area contributed by atoms with Crippen LogP contribution in [0.15, 0.2) is 18.2 Å². The van der Waals surface area contributed by atoms with Crippen molar-refractivity contribution in [2.24, 2.45) is 0 Å². The lowest BCUT2D eigenvalue weighted by atomic mass is 10.1. The largest absolute Gasteiger partial charge is 0.573 e. The fourth-order valence-electron chi connectivity index (χ4n) is 1.06. The minimum atomic E-state index is -4.98. The molecule has 0 saturated carbocycles. The first-order chi connectivity index (χ1) is 7.70. The van der Waals surface area contributed by atoms with E-state index in [4.69, 9.17) is 10.2 Å². The monoisotopic (exact) mass is 254 g/mol. The van der Waals surface area contributed by atoms with Gasteiger partial charge in [-0.3, -0.25) is 0 Å². The maximum absolute atomic E-state index is 13.1. The fraction of sp³-hybridized carbons (Fsp3) is 0.222. The third-order valence-electron chi connectivity index (χ3n) is 1.73. The van der Waals surface area contributed by atoms with Crippen molar-refractivity contribution in [3.8, 4) is 5.75 Å². The first-order valence-corrected chi connectivity index (χ1v) is 4.17. The Kier molecular flexibility index (Phi) is 3.56. The molecule has 0 aliphatic heterocycles. The summed E-state index contributed by atoms with van der Waals surface area (Å²) in [4.78, 5) is 10.4. The summed E-state index contributed by atoms with van der Waals surface area (Å²) < 4.78 is 52.0. The molecule has 1 aromatic rings. The molecule has 0 spiro atoms. The van der Waals surface area contributed by atoms with E-state index in [0.29, 0.717) is 18.2 Å². The van der Waals surface area contributed by atoms with Gasteiger partial charge in [0.1, 0.15) is 11.6 Å². The smallest absolute Gasteiger partial charge is 0.479 e. The van der Waals surface area contributed by atoms with Gasteiger partial charge in [-0.2, -0.15) is 0 Å². The molecule has 17 heavy (non-hydrogen) atoms. The Labute approximate surface area is 92.1 Å². The lowest BCUT2D eigenvalue weighted by molar-refractivity contribution is -0.274. The lowest BCUT2D eigenvalue weighted by Crippen LogP contribution is -2.18. The van der Waals surface area contributed by atoms with Crippen molar-refractivity contribution in [1.29, 1.82) is 0 Å². The van der Waals surface area contributed by atoms with E-state index in [9.17, 15) is 22.4 Å². The summed E-state index contributed by atoms with van der Waals surface area (Å²) in [6, 6.07) is 1.71. The maximum atomic E-state index is 13.1. The predicted molar refractivity (Wildman–Crippen MR) is 45.7 cm³/mol. The molecule has 0 heterocycles. The SMILES string of the molecule is O=C(O)C(O)c1cc(OC(F)(F)F)ccc1F. The molecule has 0 saturated heterocycles. The van der Waals surface area contributed by atoms with E-state index < -0.39 is 35.6 Å². The number of hydrogen-bond acceptors (Lipinski definition) is 3. The number of carboxylic acids is 1. The Balaban J connectivity index is 3.06. The molecule has 1 rings (SSSR count). The number of halogens is 4. The van der Waals surface area contributed by atoms with Crippen molar-refractivity contribution in [3.05, 3.63) is 29.6 Å². The molecule has 1 unspecified atom stereocenters. The third-order valence-corrected chi connectivity index (χ3v) is 1.73. The molecule has 1 aromatic carbocycles. The number of aliphatic hydroxyl groups excluding tert-OH is 1. The number of hydrogen-bond donors (Lipinski definition) is 2. The molecule has 0 fully saturated rings. The highest BCUT2D eigenvalue weighted by molar-refractivity contribution is 5.74. The molecular formula is C9H6F4O4. The Morgan fingerprint density at radius 2 is 1.94 bits per heavy atom. The lowest BCUT2D eigenvalue weighted by Gasteiger charge is -2.12. The summed E-state index contributed by atoms with van der Waals surface area (Å²) in [7, 11) is 0. The number of rotatable bonds is 3. The number of carbonyl (C=O) groups is 1. The van der Waals surface area contributed by atoms with Crippen LogP contribution in [0.4, 0.5) is 17.6 Å². The second-order valence-electron chi connectivity index (χ2n) is 2.97. The van der Waals surface area contributed by atoms with Crippen LogP contribution in [-0.4, -0.2) is 22.5 Å². The first kappa shape index (κ1) is 13.2. The molecule has 4 nitrogen and oxygen atoms in total. The van der Waals surface area contributed by atoms with Gasteiger partial charge in [-0.1, -0.05) is 0 Å². The van der Waals surface area contributed by atoms with Crippen LogP contribution in [-0.2, 0) is 4.79 Å². The second kappa shape index (κ2) is 4.58. The zero-order valence-corrected chi connectivity index (χ0v) is 8.03. The van der Waals surface area contributed by atoms with E-state index in [1.165, 1.54) is 0 Å². The number of alkyl halides is 3. The average molecular weight is 254 g/mol. The zero-order valence-electron chi connectivity index (χ0n) is 8.03. The van der Waals surface area contributed by atoms with E-state index in [-0.39, 0.29) is 0 Å². The van der Waals surface area contributed by atoms with Gasteiger partial charge >= 0.3 is 12.3 Å². The van der Waals surface area contributed by atoms with Gasteiger partial charge < -0.3 is 14.9 Å². The van der Waals surface area contributed by atoms with Crippen LogP contribution in [0.25, 0.3) is 0 Å². The van der Waals surface area contributed by atoms with E-state index in [1.807, 2.05) is 0 Å². The highest BCUT2D eigenvalue weighted by Crippen LogP contribution is 2.27. The van der Waals surface area contributed by atoms with E-state index in [1.54, 1.807) is 0 Å². The van der Waals surface area contributed by atoms with Gasteiger partial charge in [0.25, 0.3) is 0 Å². The molecule has 0 amide bonds. The highest BCUT2D eigenvalue weighted by atomic mass is 19.4. The molecular weight excluding hydrogens is 248 g/mol. The summed E-state index contributed by atoms with van der Waals surface area (Å²) in [5.41, 5.74) is -0.806. The van der Waals surface area contributed by atoms with Gasteiger partial charge in [0.2, 0.25) is 0 Å². The molecule has 0 aromatic heterocycles. The topological polar surface area (TPSA) is 66.8 Å². The van der Waals surface area contributed by atoms with E-state index >= 15 is 0 Å². The molecule has 0 bridgehead atoms. The van der Waals surface area contributed by atoms with E-state index in [0.717, 1.165) is 0 Å². The average Bonchev–Trinajstić information content (AvgIpc) is 2.17. The predicted octanol–water partition coefficient (Wildman–Crippen LogP) is 1.84. The van der Waals surface area contributed by atoms with Gasteiger partial charge in [-0.15, -0.1) is 13.2 Å². The van der Waals surface area contributed by atoms with Crippen LogP contribution in [0.5, 0.6) is 5.75 Å². The summed E-state index contributed by atoms with van der Waals surface area (Å²) in [5.74, 6) is -3.74. The van der Waals surface area contributed by atoms with Crippen molar-refractivity contribution in [2.75, 3.05) is 0 Å². The molecule has 8 heteroatoms. The van der Waals surface area contributed by atoms with Gasteiger partial charge in [0.05, 0.1) is 0 Å². The van der Waals surface area contributed by atoms with Crippen molar-refractivity contribution >= 4 is 5.97 Å². The quantitative estimate of drug-likeness (QED) is 0.808. The van der Waals surface area contributed by atoms with Crippen molar-refractivity contribution in [3.63, 3.8) is 0 Å². The van der Waals surface area contributed by atoms with Gasteiger partial charge in [-0.05, 0) is 18.2 Å². The highest BCUT2D eigenvalue weighted by Gasteiger charge is 2.32. The van der Waals surface area contributed by atoms with Crippen LogP contribution in [0, 0.1) is 5.82 Å². The summed E-state index contributed by atoms with van der Waals surface area (Å²) in [5, 5.41) is 17.4. The molecule has 94 valence electrons. The Morgan fingerprint density at radius 1 is 1.35 bits per heavy atom. The van der Waals surface area contributed by atoms with Crippen LogP contribution in [0.2, 0.25) is 0 Å². The number of aliphatic hydroxyl groups is 1. The van der Waals surface area contributed by atoms with Crippen LogP contribution in [0.1, 0.15) is 11.7 Å². The summed E-state index contributed by atoms with van der Waals surface area (Å²) in [6.07, 6.45) is -7.24. The van der Waals surface area contributed by atoms with Gasteiger partial charge in [0, 0.05) is 5.56 Å². The number of aliphatic carboxylic acids is 1. The van der Waals surface area contributed by atoms with Crippen molar-refractivity contribution < 1.29 is 37.3 Å². The molecule has 0 aliphatic rings. The number of benzene rings is 1. The van der Waals surface area contributed by atoms with Crippen LogP contribution < -0.4 is 4.74 Å². The number of carboxylic acid groups (broad SMARTS) is 1. The molecule has 2 N–H and O–H groups in total. The van der Waals surface area contributed by atoms with Gasteiger partial charge in [-0.25, -0.2) is 9.18 Å². The molecule has 1 atom stereocenters. The maximum Gasteiger partial charge on any atom is 0.573 e. The van der Waals surface area contributed by atoms with Gasteiger partial charge in [0.15, 0.2) is 6.10 Å². The molecule has 0 radical (unpaired) electrons. The first-order valence-electron chi connectivity index (χ1n) is 4.17. The Bertz CT molecular complexity index is 429. The fourth-order valence-corrected chi connectivity index (χ4v) is 1.06. The minimum Gasteiger partial charge on any atom is -0.479 e. The normalized spacial score (nSPS) is 13.2. The van der Waals surface area contributed by atoms with Crippen molar-refractivity contribution in [2.45, 2.75) is 12.5 Å². The zero-order chi connectivity index (χ0) is 13.2. The Hall–Kier alpha value is -1.83. The summed E-state index contributed by atoms with van der Waals surface area (Å²) >= 11 is 0. The van der Waals surface area contributed by atoms with Crippen LogP contribution in [0.3, 0.4) is 0 Å². The number of ether oxygens (including phenoxy) is 1. The second-order valence-corrected chi connectivity index (χ2v) is 2.97. The van der Waals surface area contributed by atoms with E-state index in [2.05, 4.69) is 4.74 Å². The Morgan fingerprint density at radius 3 is 2.41 bits per heavy atom. The minimum absolute atomic E-state index is 0.474. The molecule has 0 aliphatic carbocycles. The van der Waals surface area contributed by atoms with Crippen LogP contribution >= 0.6 is 0 Å².